The van der Waals surface area contributed by atoms with Gasteiger partial charge in [-0.05, 0) is 6.07 Å². The Kier molecular flexibility index (Phi) is 2.84. The van der Waals surface area contributed by atoms with E-state index in [0.717, 1.165) is 0 Å². The van der Waals surface area contributed by atoms with Crippen molar-refractivity contribution in [3.8, 4) is 0 Å². The minimum absolute atomic E-state index is 0.187. The summed E-state index contributed by atoms with van der Waals surface area (Å²) >= 11 is 0. The van der Waals surface area contributed by atoms with Crippen LogP contribution in [0, 0.1) is 0 Å². The van der Waals surface area contributed by atoms with Gasteiger partial charge in [-0.2, -0.15) is 13.2 Å². The van der Waals surface area contributed by atoms with Crippen LogP contribution in [0.5, 0.6) is 0 Å². The standard InChI is InChI=1S/C8H4F3NO4/c9-8(10,11)4-2-12-5(7(15)16)1-3(4)6(13)14/h1-2H,(H,13,14)(H,15,16). The maximum atomic E-state index is 12.3. The third-order valence-corrected chi connectivity index (χ3v) is 1.66. The average Bonchev–Trinajstić information content (AvgIpc) is 2.15. The minimum Gasteiger partial charge on any atom is -0.478 e. The van der Waals surface area contributed by atoms with E-state index < -0.39 is 34.9 Å². The second-order valence-electron chi connectivity index (χ2n) is 2.72. The summed E-state index contributed by atoms with van der Waals surface area (Å²) in [5.74, 6) is -3.46. The molecule has 0 fully saturated rings. The normalized spacial score (nSPS) is 11.2. The predicted octanol–water partition coefficient (Wildman–Crippen LogP) is 1.50. The van der Waals surface area contributed by atoms with Crippen LogP contribution in [0.4, 0.5) is 13.2 Å². The van der Waals surface area contributed by atoms with Gasteiger partial charge in [0, 0.05) is 6.20 Å². The van der Waals surface area contributed by atoms with Gasteiger partial charge >= 0.3 is 18.1 Å². The van der Waals surface area contributed by atoms with Gasteiger partial charge in [0.15, 0.2) is 0 Å². The van der Waals surface area contributed by atoms with Crippen LogP contribution >= 0.6 is 0 Å². The average molecular weight is 235 g/mol. The summed E-state index contributed by atoms with van der Waals surface area (Å²) in [7, 11) is 0. The topological polar surface area (TPSA) is 87.5 Å². The van der Waals surface area contributed by atoms with Gasteiger partial charge in [0.2, 0.25) is 0 Å². The Morgan fingerprint density at radius 3 is 2.12 bits per heavy atom. The molecule has 1 aromatic heterocycles. The van der Waals surface area contributed by atoms with Gasteiger partial charge in [0.05, 0.1) is 11.1 Å². The van der Waals surface area contributed by atoms with Gasteiger partial charge in [-0.25, -0.2) is 14.6 Å². The molecule has 0 spiro atoms. The second-order valence-corrected chi connectivity index (χ2v) is 2.72. The Labute approximate surface area is 86.2 Å². The Morgan fingerprint density at radius 1 is 1.19 bits per heavy atom. The van der Waals surface area contributed by atoms with Crippen LogP contribution in [-0.2, 0) is 6.18 Å². The van der Waals surface area contributed by atoms with E-state index in [2.05, 4.69) is 4.98 Å². The lowest BCUT2D eigenvalue weighted by Gasteiger charge is -2.09. The lowest BCUT2D eigenvalue weighted by molar-refractivity contribution is -0.138. The number of aromatic nitrogens is 1. The summed E-state index contributed by atoms with van der Waals surface area (Å²) in [6.07, 6.45) is -4.70. The number of halogens is 3. The van der Waals surface area contributed by atoms with Crippen LogP contribution < -0.4 is 0 Å². The van der Waals surface area contributed by atoms with E-state index >= 15 is 0 Å². The van der Waals surface area contributed by atoms with Crippen LogP contribution in [0.2, 0.25) is 0 Å². The number of hydrogen-bond acceptors (Lipinski definition) is 3. The molecule has 16 heavy (non-hydrogen) atoms. The van der Waals surface area contributed by atoms with E-state index in [4.69, 9.17) is 10.2 Å². The monoisotopic (exact) mass is 235 g/mol. The van der Waals surface area contributed by atoms with Crippen LogP contribution in [-0.4, -0.2) is 27.1 Å². The molecule has 0 aliphatic rings. The fraction of sp³-hybridized carbons (Fsp3) is 0.125. The first-order valence-electron chi connectivity index (χ1n) is 3.77. The van der Waals surface area contributed by atoms with Crippen molar-refractivity contribution in [3.05, 3.63) is 29.1 Å². The van der Waals surface area contributed by atoms with E-state index in [1.165, 1.54) is 0 Å². The van der Waals surface area contributed by atoms with Gasteiger partial charge < -0.3 is 10.2 Å². The van der Waals surface area contributed by atoms with Crippen LogP contribution in [0.3, 0.4) is 0 Å². The quantitative estimate of drug-likeness (QED) is 0.810. The molecule has 1 aromatic rings. The number of carbonyl (C=O) groups is 2. The number of carboxylic acid groups (broad SMARTS) is 2. The number of nitrogens with zero attached hydrogens (tertiary/aromatic N) is 1. The first-order valence-corrected chi connectivity index (χ1v) is 3.77. The molecule has 0 radical (unpaired) electrons. The second kappa shape index (κ2) is 3.80. The largest absolute Gasteiger partial charge is 0.478 e. The fourth-order valence-corrected chi connectivity index (χ4v) is 0.975. The van der Waals surface area contributed by atoms with Crippen molar-refractivity contribution in [1.82, 2.24) is 4.98 Å². The fourth-order valence-electron chi connectivity index (χ4n) is 0.975. The smallest absolute Gasteiger partial charge is 0.418 e. The molecule has 0 aliphatic carbocycles. The number of rotatable bonds is 2. The third-order valence-electron chi connectivity index (χ3n) is 1.66. The molecule has 0 amide bonds. The molecule has 0 aromatic carbocycles. The van der Waals surface area contributed by atoms with Crippen molar-refractivity contribution in [3.63, 3.8) is 0 Å². The zero-order chi connectivity index (χ0) is 12.5. The molecular formula is C8H4F3NO4. The van der Waals surface area contributed by atoms with E-state index in [9.17, 15) is 22.8 Å². The number of carboxylic acids is 2. The van der Waals surface area contributed by atoms with Crippen LogP contribution in [0.15, 0.2) is 12.3 Å². The summed E-state index contributed by atoms with van der Waals surface area (Å²) in [6.45, 7) is 0. The highest BCUT2D eigenvalue weighted by Gasteiger charge is 2.36. The zero-order valence-electron chi connectivity index (χ0n) is 7.45. The molecule has 1 rings (SSSR count). The van der Waals surface area contributed by atoms with E-state index in [1.54, 1.807) is 0 Å². The number of hydrogen-bond donors (Lipinski definition) is 2. The maximum absolute atomic E-state index is 12.3. The van der Waals surface area contributed by atoms with E-state index in [1.807, 2.05) is 0 Å². The zero-order valence-corrected chi connectivity index (χ0v) is 7.45. The number of pyridine rings is 1. The van der Waals surface area contributed by atoms with Crippen LogP contribution in [0.25, 0.3) is 0 Å². The van der Waals surface area contributed by atoms with Gasteiger partial charge in [-0.1, -0.05) is 0 Å². The molecule has 5 nitrogen and oxygen atoms in total. The van der Waals surface area contributed by atoms with Crippen molar-refractivity contribution in [2.45, 2.75) is 6.18 Å². The molecule has 86 valence electrons. The highest BCUT2D eigenvalue weighted by Crippen LogP contribution is 2.31. The Bertz CT molecular complexity index is 455. The molecule has 0 unspecified atom stereocenters. The van der Waals surface area contributed by atoms with Gasteiger partial charge in [-0.15, -0.1) is 0 Å². The highest BCUT2D eigenvalue weighted by atomic mass is 19.4. The van der Waals surface area contributed by atoms with Crippen molar-refractivity contribution in [2.75, 3.05) is 0 Å². The lowest BCUT2D eigenvalue weighted by Crippen LogP contribution is -2.15. The van der Waals surface area contributed by atoms with Crippen LogP contribution in [0.1, 0.15) is 26.4 Å². The molecule has 0 aliphatic heterocycles. The summed E-state index contributed by atoms with van der Waals surface area (Å²) < 4.78 is 36.9. The minimum atomic E-state index is -4.89. The van der Waals surface area contributed by atoms with Crippen molar-refractivity contribution < 1.29 is 33.0 Å². The third kappa shape index (κ3) is 2.27. The summed E-state index contributed by atoms with van der Waals surface area (Å²) in [5.41, 5.74) is -3.38. The Balaban J connectivity index is 3.43. The van der Waals surface area contributed by atoms with Crippen molar-refractivity contribution in [1.29, 1.82) is 0 Å². The molecule has 1 heterocycles. The van der Waals surface area contributed by atoms with Crippen molar-refractivity contribution >= 4 is 11.9 Å². The SMILES string of the molecule is O=C(O)c1cc(C(=O)O)c(C(F)(F)F)cn1. The molecule has 2 N–H and O–H groups in total. The molecule has 8 heteroatoms. The Morgan fingerprint density at radius 2 is 1.75 bits per heavy atom. The highest BCUT2D eigenvalue weighted by molar-refractivity contribution is 5.93. The van der Waals surface area contributed by atoms with Gasteiger partial charge in [-0.3, -0.25) is 0 Å². The van der Waals surface area contributed by atoms with Crippen molar-refractivity contribution in [2.24, 2.45) is 0 Å². The predicted molar refractivity (Wildman–Crippen MR) is 43.2 cm³/mol. The Hall–Kier alpha value is -2.12. The molecule has 0 saturated carbocycles. The summed E-state index contributed by atoms with van der Waals surface area (Å²) in [5, 5.41) is 17.0. The van der Waals surface area contributed by atoms with Gasteiger partial charge in [0.1, 0.15) is 5.69 Å². The van der Waals surface area contributed by atoms with Gasteiger partial charge in [0.25, 0.3) is 0 Å². The first kappa shape index (κ1) is 12.0. The lowest BCUT2D eigenvalue weighted by atomic mass is 10.1. The summed E-state index contributed by atoms with van der Waals surface area (Å²) in [6, 6.07) is 0.369. The van der Waals surface area contributed by atoms with E-state index in [-0.39, 0.29) is 6.20 Å². The van der Waals surface area contributed by atoms with E-state index in [0.29, 0.717) is 6.07 Å². The first-order chi connectivity index (χ1) is 7.23. The number of alkyl halides is 3. The molecule has 0 bridgehead atoms. The molecular weight excluding hydrogens is 231 g/mol. The molecule has 0 atom stereocenters. The number of aromatic carboxylic acids is 2. The maximum Gasteiger partial charge on any atom is 0.418 e. The summed E-state index contributed by atoms with van der Waals surface area (Å²) in [4.78, 5) is 23.9. The molecule has 0 saturated heterocycles.